The van der Waals surface area contributed by atoms with E-state index < -0.39 is 33.5 Å². The smallest absolute Gasteiger partial charge is 0.348 e. The number of halogens is 4. The Kier molecular flexibility index (Phi) is 10.3. The molecule has 0 saturated heterocycles. The zero-order chi connectivity index (χ0) is 27.8. The molecule has 1 amide bonds. The van der Waals surface area contributed by atoms with E-state index in [-0.39, 0.29) is 17.8 Å². The molecule has 0 unspecified atom stereocenters. The first kappa shape index (κ1) is 29.9. The minimum Gasteiger partial charge on any atom is -0.348 e. The van der Waals surface area contributed by atoms with E-state index in [1.54, 1.807) is 0 Å². The fraction of sp³-hybridized carbons (Fsp3) is 0.346. The van der Waals surface area contributed by atoms with Gasteiger partial charge in [0.25, 0.3) is 0 Å². The number of carbonyl (C=O) groups is 1. The van der Waals surface area contributed by atoms with E-state index in [1.807, 2.05) is 18.6 Å². The van der Waals surface area contributed by atoms with Gasteiger partial charge in [-0.15, -0.1) is 6.42 Å². The topological polar surface area (TPSA) is 78.5 Å². The summed E-state index contributed by atoms with van der Waals surface area (Å²) < 4.78 is 79.0. The Morgan fingerprint density at radius 1 is 1.16 bits per heavy atom. The average molecular weight is 540 g/mol. The van der Waals surface area contributed by atoms with E-state index in [1.165, 1.54) is 24.3 Å². The van der Waals surface area contributed by atoms with Gasteiger partial charge in [0.15, 0.2) is 0 Å². The largest absolute Gasteiger partial charge is 0.416 e. The third kappa shape index (κ3) is 9.22. The molecule has 0 aliphatic rings. The molecule has 6 nitrogen and oxygen atoms in total. The van der Waals surface area contributed by atoms with Gasteiger partial charge >= 0.3 is 6.18 Å². The van der Waals surface area contributed by atoms with Crippen LogP contribution in [0.1, 0.15) is 41.7 Å². The van der Waals surface area contributed by atoms with Gasteiger partial charge in [-0.2, -0.15) is 13.2 Å². The lowest BCUT2D eigenvalue weighted by molar-refractivity contribution is -0.137. The second-order valence-electron chi connectivity index (χ2n) is 8.26. The summed E-state index contributed by atoms with van der Waals surface area (Å²) in [7, 11) is -3.76. The number of rotatable bonds is 11. The second kappa shape index (κ2) is 12.7. The Labute approximate surface area is 214 Å². The predicted octanol–water partition coefficient (Wildman–Crippen LogP) is 4.41. The van der Waals surface area contributed by atoms with Gasteiger partial charge < -0.3 is 10.2 Å². The van der Waals surface area contributed by atoms with Crippen molar-refractivity contribution in [2.24, 2.45) is 0 Å². The van der Waals surface area contributed by atoms with E-state index in [4.69, 9.17) is 6.42 Å². The van der Waals surface area contributed by atoms with Crippen LogP contribution in [0.15, 0.2) is 36.4 Å². The van der Waals surface area contributed by atoms with Crippen molar-refractivity contribution in [3.05, 3.63) is 70.0 Å². The minimum absolute atomic E-state index is 0.0344. The highest BCUT2D eigenvalue weighted by molar-refractivity contribution is 7.92. The molecule has 0 radical (unpaired) electrons. The highest BCUT2D eigenvalue weighted by Gasteiger charge is 2.30. The normalized spacial score (nSPS) is 12.1. The van der Waals surface area contributed by atoms with Crippen molar-refractivity contribution in [2.45, 2.75) is 33.0 Å². The number of nitrogens with zero attached hydrogens (tertiary/aromatic N) is 1. The first-order valence-electron chi connectivity index (χ1n) is 11.4. The zero-order valence-corrected chi connectivity index (χ0v) is 21.6. The van der Waals surface area contributed by atoms with E-state index in [2.05, 4.69) is 16.1 Å². The maximum Gasteiger partial charge on any atom is 0.416 e. The van der Waals surface area contributed by atoms with Crippen LogP contribution < -0.4 is 10.0 Å². The molecule has 0 aliphatic carbocycles. The Morgan fingerprint density at radius 2 is 1.84 bits per heavy atom. The van der Waals surface area contributed by atoms with Gasteiger partial charge in [-0.05, 0) is 66.5 Å². The number of amides is 1. The number of hydrogen-bond donors (Lipinski definition) is 2. The van der Waals surface area contributed by atoms with Gasteiger partial charge in [0.1, 0.15) is 5.82 Å². The number of sulfonamides is 1. The molecule has 200 valence electrons. The van der Waals surface area contributed by atoms with E-state index in [0.29, 0.717) is 29.7 Å². The van der Waals surface area contributed by atoms with Crippen molar-refractivity contribution in [3.8, 4) is 12.3 Å². The molecule has 37 heavy (non-hydrogen) atoms. The van der Waals surface area contributed by atoms with Crippen molar-refractivity contribution in [1.82, 2.24) is 10.2 Å². The van der Waals surface area contributed by atoms with Crippen LogP contribution >= 0.6 is 0 Å². The standard InChI is InChI=1S/C26H29F4N3O3S/c1-5-19-14-18(15-23(27)25(19)32-37(4,35)36)17-31-24(34)11-9-20-8-10-22(26(28,29)30)16-21(20)12-13-33(6-2)7-3/h1,8-11,14-16,32H,6-7,12-13,17H2,2-4H3,(H,31,34)/b11-9+. The number of alkyl halides is 3. The number of hydrogen-bond acceptors (Lipinski definition) is 4. The molecule has 0 heterocycles. The van der Waals surface area contributed by atoms with Gasteiger partial charge in [0.2, 0.25) is 15.9 Å². The van der Waals surface area contributed by atoms with E-state index in [9.17, 15) is 30.8 Å². The molecule has 0 atom stereocenters. The lowest BCUT2D eigenvalue weighted by Gasteiger charge is -2.19. The Balaban J connectivity index is 2.18. The van der Waals surface area contributed by atoms with Crippen molar-refractivity contribution in [1.29, 1.82) is 0 Å². The summed E-state index contributed by atoms with van der Waals surface area (Å²) >= 11 is 0. The van der Waals surface area contributed by atoms with Crippen LogP contribution in [-0.4, -0.2) is 45.1 Å². The molecule has 0 bridgehead atoms. The maximum absolute atomic E-state index is 14.4. The Bertz CT molecular complexity index is 1300. The molecule has 2 rings (SSSR count). The summed E-state index contributed by atoms with van der Waals surface area (Å²) in [6.07, 6.45) is 4.72. The molecule has 0 saturated carbocycles. The number of nitrogens with one attached hydrogen (secondary N) is 2. The number of carbonyl (C=O) groups excluding carboxylic acids is 1. The van der Waals surface area contributed by atoms with Gasteiger partial charge in [0, 0.05) is 19.2 Å². The number of anilines is 1. The third-order valence-corrected chi connectivity index (χ3v) is 6.11. The van der Waals surface area contributed by atoms with Crippen molar-refractivity contribution in [3.63, 3.8) is 0 Å². The number of benzene rings is 2. The monoisotopic (exact) mass is 539 g/mol. The lowest BCUT2D eigenvalue weighted by Crippen LogP contribution is -2.25. The Hall–Kier alpha value is -3.36. The summed E-state index contributed by atoms with van der Waals surface area (Å²) in [5.41, 5.74) is 0.0736. The van der Waals surface area contributed by atoms with Gasteiger partial charge in [-0.3, -0.25) is 9.52 Å². The molecule has 0 spiro atoms. The quantitative estimate of drug-likeness (QED) is 0.252. The molecular weight excluding hydrogens is 510 g/mol. The van der Waals surface area contributed by atoms with Crippen molar-refractivity contribution in [2.75, 3.05) is 30.6 Å². The number of terminal acetylenes is 1. The van der Waals surface area contributed by atoms with Crippen LogP contribution in [0, 0.1) is 18.2 Å². The SMILES string of the molecule is C#Cc1cc(CNC(=O)/C=C/c2ccc(C(F)(F)F)cc2CCN(CC)CC)cc(F)c1NS(C)(=O)=O. The minimum atomic E-state index is -4.48. The fourth-order valence-electron chi connectivity index (χ4n) is 3.56. The van der Waals surface area contributed by atoms with Crippen LogP contribution in [0.5, 0.6) is 0 Å². The summed E-state index contributed by atoms with van der Waals surface area (Å²) in [6.45, 7) is 5.90. The van der Waals surface area contributed by atoms with Crippen LogP contribution in [0.3, 0.4) is 0 Å². The first-order chi connectivity index (χ1) is 17.3. The Morgan fingerprint density at radius 3 is 2.41 bits per heavy atom. The maximum atomic E-state index is 14.4. The third-order valence-electron chi connectivity index (χ3n) is 5.54. The molecule has 0 aliphatic heterocycles. The van der Waals surface area contributed by atoms with Crippen LogP contribution in [0.4, 0.5) is 23.2 Å². The predicted molar refractivity (Wildman–Crippen MR) is 137 cm³/mol. The first-order valence-corrected chi connectivity index (χ1v) is 13.3. The van der Waals surface area contributed by atoms with Gasteiger partial charge in [0.05, 0.1) is 23.1 Å². The molecule has 2 N–H and O–H groups in total. The summed E-state index contributed by atoms with van der Waals surface area (Å²) in [5.74, 6) is 0.747. The molecule has 0 aromatic heterocycles. The van der Waals surface area contributed by atoms with Crippen LogP contribution in [0.2, 0.25) is 0 Å². The summed E-state index contributed by atoms with van der Waals surface area (Å²) in [6, 6.07) is 5.79. The van der Waals surface area contributed by atoms with Crippen molar-refractivity contribution >= 4 is 27.7 Å². The second-order valence-corrected chi connectivity index (χ2v) is 10.0. The zero-order valence-electron chi connectivity index (χ0n) is 20.7. The fourth-order valence-corrected chi connectivity index (χ4v) is 4.14. The molecule has 11 heteroatoms. The van der Waals surface area contributed by atoms with Crippen LogP contribution in [-0.2, 0) is 34.0 Å². The molecular formula is C26H29F4N3O3S. The molecule has 2 aromatic carbocycles. The van der Waals surface area contributed by atoms with E-state index in [0.717, 1.165) is 37.5 Å². The van der Waals surface area contributed by atoms with Crippen molar-refractivity contribution < 1.29 is 30.8 Å². The summed E-state index contributed by atoms with van der Waals surface area (Å²) in [4.78, 5) is 14.5. The summed E-state index contributed by atoms with van der Waals surface area (Å²) in [5, 5.41) is 2.55. The van der Waals surface area contributed by atoms with Crippen LogP contribution in [0.25, 0.3) is 6.08 Å². The number of likely N-dealkylation sites (N-methyl/N-ethyl adjacent to an activating group) is 1. The highest BCUT2D eigenvalue weighted by Crippen LogP contribution is 2.31. The molecule has 0 fully saturated rings. The van der Waals surface area contributed by atoms with Gasteiger partial charge in [-0.1, -0.05) is 25.8 Å². The average Bonchev–Trinajstić information content (AvgIpc) is 2.82. The highest BCUT2D eigenvalue weighted by atomic mass is 32.2. The lowest BCUT2D eigenvalue weighted by atomic mass is 10.00. The molecule has 2 aromatic rings. The van der Waals surface area contributed by atoms with E-state index >= 15 is 0 Å². The van der Waals surface area contributed by atoms with Gasteiger partial charge in [-0.25, -0.2) is 12.8 Å².